The average molecular weight is 541 g/mol. The van der Waals surface area contributed by atoms with Gasteiger partial charge in [0.1, 0.15) is 6.54 Å². The molecule has 1 fully saturated rings. The molecule has 36 heavy (non-hydrogen) atoms. The van der Waals surface area contributed by atoms with Crippen molar-refractivity contribution < 1.29 is 14.6 Å². The lowest BCUT2D eigenvalue weighted by Gasteiger charge is -2.27. The summed E-state index contributed by atoms with van der Waals surface area (Å²) in [5, 5.41) is 12.5. The predicted octanol–water partition coefficient (Wildman–Crippen LogP) is 6.04. The first-order valence-electron chi connectivity index (χ1n) is 11.3. The number of nitrogens with zero attached hydrogens (tertiary/aromatic N) is 4. The first kappa shape index (κ1) is 24.6. The first-order chi connectivity index (χ1) is 17.5. The van der Waals surface area contributed by atoms with Crippen LogP contribution in [0.2, 0.25) is 10.0 Å². The van der Waals surface area contributed by atoms with Crippen LogP contribution in [0.25, 0.3) is 22.0 Å². The number of carbonyl (C=O) groups is 1. The number of carboxylic acids is 1. The molecule has 0 aliphatic carbocycles. The first-order valence-corrected chi connectivity index (χ1v) is 12.8. The number of morpholine rings is 1. The fourth-order valence-electron chi connectivity index (χ4n) is 4.15. The monoisotopic (exact) mass is 540 g/mol. The molecule has 4 aromatic rings. The van der Waals surface area contributed by atoms with E-state index >= 15 is 0 Å². The van der Waals surface area contributed by atoms with Crippen molar-refractivity contribution in [2.45, 2.75) is 4.90 Å². The van der Waals surface area contributed by atoms with Crippen molar-refractivity contribution >= 4 is 63.5 Å². The predicted molar refractivity (Wildman–Crippen MR) is 145 cm³/mol. The van der Waals surface area contributed by atoms with Crippen molar-refractivity contribution in [2.75, 3.05) is 42.1 Å². The number of rotatable bonds is 7. The van der Waals surface area contributed by atoms with E-state index in [0.717, 1.165) is 45.7 Å². The number of aliphatic carboxylic acids is 1. The van der Waals surface area contributed by atoms with E-state index in [1.54, 1.807) is 28.7 Å². The highest BCUT2D eigenvalue weighted by atomic mass is 35.5. The van der Waals surface area contributed by atoms with Gasteiger partial charge in [0.2, 0.25) is 5.95 Å². The molecule has 0 spiro atoms. The fourth-order valence-corrected chi connectivity index (χ4v) is 5.85. The molecule has 1 aliphatic rings. The number of hydrogen-bond donors (Lipinski definition) is 1. The average Bonchev–Trinajstić information content (AvgIpc) is 2.87. The molecule has 7 nitrogen and oxygen atoms in total. The minimum atomic E-state index is -0.949. The van der Waals surface area contributed by atoms with Crippen LogP contribution >= 0.6 is 35.1 Å². The lowest BCUT2D eigenvalue weighted by molar-refractivity contribution is -0.135. The third-order valence-corrected chi connectivity index (χ3v) is 7.14. The molecule has 1 aromatic heterocycles. The van der Waals surface area contributed by atoms with Gasteiger partial charge in [-0.1, -0.05) is 53.5 Å². The Labute approximate surface area is 222 Å². The summed E-state index contributed by atoms with van der Waals surface area (Å²) in [5.41, 5.74) is 2.51. The molecule has 1 saturated heterocycles. The standard InChI is InChI=1S/C26H22Cl2N4O3S/c27-17-13-18(28)15-19(14-17)36-32(16-25(33)34)24-6-2-3-20-21(4-1-5-22(20)24)23-7-8-29-26(30-23)31-9-11-35-12-10-31/h1-8,13-15H,9-12,16H2,(H,33,34). The highest BCUT2D eigenvalue weighted by Gasteiger charge is 2.19. The molecule has 5 rings (SSSR count). The number of hydrogen-bond acceptors (Lipinski definition) is 7. The molecule has 184 valence electrons. The Morgan fingerprint density at radius 1 is 1.03 bits per heavy atom. The highest BCUT2D eigenvalue weighted by molar-refractivity contribution is 8.00. The van der Waals surface area contributed by atoms with Crippen molar-refractivity contribution in [1.82, 2.24) is 9.97 Å². The third kappa shape index (κ3) is 5.52. The maximum Gasteiger partial charge on any atom is 0.324 e. The number of aromatic nitrogens is 2. The van der Waals surface area contributed by atoms with E-state index in [9.17, 15) is 9.90 Å². The summed E-state index contributed by atoms with van der Waals surface area (Å²) in [7, 11) is 0. The third-order valence-electron chi connectivity index (χ3n) is 5.71. The van der Waals surface area contributed by atoms with E-state index in [2.05, 4.69) is 9.88 Å². The summed E-state index contributed by atoms with van der Waals surface area (Å²) in [6.45, 7) is 2.59. The van der Waals surface area contributed by atoms with E-state index in [-0.39, 0.29) is 6.54 Å². The Kier molecular flexibility index (Phi) is 7.48. The van der Waals surface area contributed by atoms with Crippen LogP contribution in [-0.4, -0.2) is 53.9 Å². The summed E-state index contributed by atoms with van der Waals surface area (Å²) in [5.74, 6) is -0.278. The molecule has 0 unspecified atom stereocenters. The second-order valence-electron chi connectivity index (χ2n) is 8.15. The molecule has 0 radical (unpaired) electrons. The van der Waals surface area contributed by atoms with Gasteiger partial charge < -0.3 is 19.0 Å². The normalized spacial score (nSPS) is 13.7. The Balaban J connectivity index is 1.56. The Morgan fingerprint density at radius 2 is 1.75 bits per heavy atom. The molecule has 0 amide bonds. The van der Waals surface area contributed by atoms with Gasteiger partial charge in [-0.25, -0.2) is 9.97 Å². The number of anilines is 2. The van der Waals surface area contributed by atoms with Crippen LogP contribution in [0.4, 0.5) is 11.6 Å². The summed E-state index contributed by atoms with van der Waals surface area (Å²) < 4.78 is 7.18. The van der Waals surface area contributed by atoms with Crippen molar-refractivity contribution in [2.24, 2.45) is 0 Å². The summed E-state index contributed by atoms with van der Waals surface area (Å²) in [6, 6.07) is 18.9. The van der Waals surface area contributed by atoms with Gasteiger partial charge in [0, 0.05) is 45.2 Å². The zero-order valence-electron chi connectivity index (χ0n) is 19.1. The number of carboxylic acid groups (broad SMARTS) is 1. The maximum absolute atomic E-state index is 11.8. The van der Waals surface area contributed by atoms with Crippen LogP contribution in [0.15, 0.2) is 71.8 Å². The van der Waals surface area contributed by atoms with Crippen LogP contribution < -0.4 is 9.21 Å². The molecule has 0 atom stereocenters. The molecule has 1 aliphatic heterocycles. The minimum Gasteiger partial charge on any atom is -0.480 e. The Hall–Kier alpha value is -3.04. The van der Waals surface area contributed by atoms with E-state index in [1.807, 2.05) is 42.5 Å². The van der Waals surface area contributed by atoms with Gasteiger partial charge in [-0.2, -0.15) is 0 Å². The molecule has 10 heteroatoms. The van der Waals surface area contributed by atoms with E-state index < -0.39 is 5.97 Å². The Bertz CT molecular complexity index is 1400. The van der Waals surface area contributed by atoms with Crippen LogP contribution in [0.1, 0.15) is 0 Å². The zero-order valence-corrected chi connectivity index (χ0v) is 21.4. The quantitative estimate of drug-likeness (QED) is 0.284. The Morgan fingerprint density at radius 3 is 2.50 bits per heavy atom. The zero-order chi connectivity index (χ0) is 25.1. The minimum absolute atomic E-state index is 0.215. The summed E-state index contributed by atoms with van der Waals surface area (Å²) in [6.07, 6.45) is 1.77. The smallest absolute Gasteiger partial charge is 0.324 e. The second kappa shape index (κ2) is 10.9. The second-order valence-corrected chi connectivity index (χ2v) is 10.1. The van der Waals surface area contributed by atoms with Gasteiger partial charge in [-0.15, -0.1) is 0 Å². The van der Waals surface area contributed by atoms with Crippen molar-refractivity contribution in [3.8, 4) is 11.3 Å². The topological polar surface area (TPSA) is 78.8 Å². The lowest BCUT2D eigenvalue weighted by atomic mass is 10.0. The largest absolute Gasteiger partial charge is 0.480 e. The molecular formula is C26H22Cl2N4O3S. The van der Waals surface area contributed by atoms with Gasteiger partial charge >= 0.3 is 5.97 Å². The van der Waals surface area contributed by atoms with Crippen LogP contribution in [0.3, 0.4) is 0 Å². The highest BCUT2D eigenvalue weighted by Crippen LogP contribution is 2.38. The molecule has 0 bridgehead atoms. The number of benzene rings is 3. The fraction of sp³-hybridized carbons (Fsp3) is 0.192. The summed E-state index contributed by atoms with van der Waals surface area (Å²) >= 11 is 13.6. The van der Waals surface area contributed by atoms with Crippen molar-refractivity contribution in [1.29, 1.82) is 0 Å². The van der Waals surface area contributed by atoms with Gasteiger partial charge in [-0.05, 0) is 47.7 Å². The van der Waals surface area contributed by atoms with Gasteiger partial charge in [0.25, 0.3) is 0 Å². The van der Waals surface area contributed by atoms with E-state index in [0.29, 0.717) is 29.2 Å². The van der Waals surface area contributed by atoms with Gasteiger partial charge in [-0.3, -0.25) is 4.79 Å². The van der Waals surface area contributed by atoms with Crippen LogP contribution in [0.5, 0.6) is 0 Å². The lowest BCUT2D eigenvalue weighted by Crippen LogP contribution is -2.37. The van der Waals surface area contributed by atoms with Crippen LogP contribution in [0, 0.1) is 0 Å². The number of ether oxygens (including phenoxy) is 1. The number of fused-ring (bicyclic) bond motifs is 1. The molecule has 2 heterocycles. The molecule has 1 N–H and O–H groups in total. The van der Waals surface area contributed by atoms with Crippen LogP contribution in [-0.2, 0) is 9.53 Å². The van der Waals surface area contributed by atoms with E-state index in [4.69, 9.17) is 32.9 Å². The summed E-state index contributed by atoms with van der Waals surface area (Å²) in [4.78, 5) is 24.0. The SMILES string of the molecule is O=C(O)CN(Sc1cc(Cl)cc(Cl)c1)c1cccc2c(-c3ccnc(N4CCOCC4)n3)cccc12. The number of halogens is 2. The van der Waals surface area contributed by atoms with Crippen molar-refractivity contribution in [3.05, 3.63) is 76.9 Å². The van der Waals surface area contributed by atoms with Gasteiger partial charge in [0.15, 0.2) is 0 Å². The van der Waals surface area contributed by atoms with Gasteiger partial charge in [0.05, 0.1) is 24.6 Å². The maximum atomic E-state index is 11.8. The molecule has 0 saturated carbocycles. The molecular weight excluding hydrogens is 519 g/mol. The van der Waals surface area contributed by atoms with E-state index in [1.165, 1.54) is 11.9 Å². The van der Waals surface area contributed by atoms with Crippen molar-refractivity contribution in [3.63, 3.8) is 0 Å². The molecule has 3 aromatic carbocycles.